The normalized spacial score (nSPS) is 14.3. The monoisotopic (exact) mass is 398 g/mol. The molecule has 8 heteroatoms. The summed E-state index contributed by atoms with van der Waals surface area (Å²) in [5.41, 5.74) is 1.52. The first-order chi connectivity index (χ1) is 13.5. The highest BCUT2D eigenvalue weighted by molar-refractivity contribution is 7.89. The van der Waals surface area contributed by atoms with Crippen LogP contribution in [0.15, 0.2) is 64.3 Å². The second kappa shape index (κ2) is 7.37. The molecule has 2 aromatic carbocycles. The van der Waals surface area contributed by atoms with E-state index in [9.17, 15) is 13.2 Å². The van der Waals surface area contributed by atoms with Crippen molar-refractivity contribution in [2.24, 2.45) is 0 Å². The zero-order chi connectivity index (χ0) is 19.7. The summed E-state index contributed by atoms with van der Waals surface area (Å²) in [6.07, 6.45) is 2.03. The summed E-state index contributed by atoms with van der Waals surface area (Å²) in [7, 11) is -3.62. The van der Waals surface area contributed by atoms with Crippen LogP contribution in [0.2, 0.25) is 0 Å². The largest absolute Gasteiger partial charge is 0.350 e. The van der Waals surface area contributed by atoms with Gasteiger partial charge >= 0.3 is 5.69 Å². The predicted molar refractivity (Wildman–Crippen MR) is 106 cm³/mol. The standard InChI is InChI=1S/C20H22N4O3S/c1-15-7-11-18(12-8-15)28(26,27)21-13-14-23-20(25)24(17-5-3-2-4-6-17)19(22-23)16-9-10-16/h2-8,11-12,16,21H,9-10,13-14H2,1H3. The van der Waals surface area contributed by atoms with Crippen LogP contribution < -0.4 is 10.4 Å². The predicted octanol–water partition coefficient (Wildman–Crippen LogP) is 2.20. The van der Waals surface area contributed by atoms with Gasteiger partial charge in [0.25, 0.3) is 0 Å². The smallest absolute Gasteiger partial charge is 0.247 e. The first-order valence-corrected chi connectivity index (χ1v) is 10.8. The highest BCUT2D eigenvalue weighted by atomic mass is 32.2. The Morgan fingerprint density at radius 3 is 2.39 bits per heavy atom. The molecule has 3 aromatic rings. The number of para-hydroxylation sites is 1. The molecule has 1 N–H and O–H groups in total. The number of sulfonamides is 1. The van der Waals surface area contributed by atoms with Gasteiger partial charge in [0, 0.05) is 12.5 Å². The SMILES string of the molecule is Cc1ccc(S(=O)(=O)NCCn2nc(C3CC3)n(-c3ccccc3)c2=O)cc1. The molecule has 0 amide bonds. The number of aromatic nitrogens is 3. The number of aryl methyl sites for hydroxylation is 1. The Balaban J connectivity index is 1.53. The third-order valence-corrected chi connectivity index (χ3v) is 6.25. The van der Waals surface area contributed by atoms with E-state index in [1.165, 1.54) is 4.68 Å². The molecule has 1 fully saturated rings. The lowest BCUT2D eigenvalue weighted by molar-refractivity contribution is 0.550. The van der Waals surface area contributed by atoms with Gasteiger partial charge in [-0.25, -0.2) is 27.2 Å². The maximum atomic E-state index is 12.9. The van der Waals surface area contributed by atoms with Crippen LogP contribution in [0.4, 0.5) is 0 Å². The zero-order valence-corrected chi connectivity index (χ0v) is 16.4. The second-order valence-corrected chi connectivity index (χ2v) is 8.79. The molecule has 0 atom stereocenters. The summed E-state index contributed by atoms with van der Waals surface area (Å²) in [6, 6.07) is 16.1. The van der Waals surface area contributed by atoms with Crippen LogP contribution in [-0.4, -0.2) is 29.3 Å². The topological polar surface area (TPSA) is 86.0 Å². The number of hydrogen-bond acceptors (Lipinski definition) is 4. The van der Waals surface area contributed by atoms with Gasteiger partial charge in [-0.2, -0.15) is 5.10 Å². The van der Waals surface area contributed by atoms with Gasteiger partial charge in [-0.1, -0.05) is 35.9 Å². The molecule has 4 rings (SSSR count). The lowest BCUT2D eigenvalue weighted by Crippen LogP contribution is -2.32. The van der Waals surface area contributed by atoms with Crippen molar-refractivity contribution >= 4 is 10.0 Å². The molecule has 7 nitrogen and oxygen atoms in total. The van der Waals surface area contributed by atoms with Gasteiger partial charge in [-0.3, -0.25) is 0 Å². The molecular weight excluding hydrogens is 376 g/mol. The Bertz CT molecular complexity index is 1130. The van der Waals surface area contributed by atoms with Gasteiger partial charge in [0.2, 0.25) is 10.0 Å². The average Bonchev–Trinajstić information content (AvgIpc) is 3.47. The Kier molecular flexibility index (Phi) is 4.91. The maximum Gasteiger partial charge on any atom is 0.350 e. The van der Waals surface area contributed by atoms with Crippen LogP contribution in [0.5, 0.6) is 0 Å². The van der Waals surface area contributed by atoms with Crippen LogP contribution in [0.25, 0.3) is 5.69 Å². The van der Waals surface area contributed by atoms with Crippen LogP contribution in [0.1, 0.15) is 30.1 Å². The average molecular weight is 398 g/mol. The molecule has 0 aliphatic heterocycles. The lowest BCUT2D eigenvalue weighted by Gasteiger charge is -2.06. The van der Waals surface area contributed by atoms with E-state index < -0.39 is 10.0 Å². The number of rotatable bonds is 7. The summed E-state index contributed by atoms with van der Waals surface area (Å²) in [6.45, 7) is 2.16. The van der Waals surface area contributed by atoms with Crippen molar-refractivity contribution in [2.75, 3.05) is 6.54 Å². The van der Waals surface area contributed by atoms with Crippen LogP contribution in [0.3, 0.4) is 0 Å². The van der Waals surface area contributed by atoms with E-state index in [4.69, 9.17) is 0 Å². The third-order valence-electron chi connectivity index (χ3n) is 4.77. The van der Waals surface area contributed by atoms with Gasteiger partial charge in [0.1, 0.15) is 5.82 Å². The van der Waals surface area contributed by atoms with Gasteiger partial charge in [0.05, 0.1) is 17.1 Å². The molecule has 0 spiro atoms. The summed E-state index contributed by atoms with van der Waals surface area (Å²) in [4.78, 5) is 13.1. The van der Waals surface area contributed by atoms with E-state index >= 15 is 0 Å². The molecule has 1 heterocycles. The minimum absolute atomic E-state index is 0.0893. The van der Waals surface area contributed by atoms with Crippen molar-refractivity contribution in [3.05, 3.63) is 76.5 Å². The molecular formula is C20H22N4O3S. The van der Waals surface area contributed by atoms with E-state index in [0.29, 0.717) is 5.92 Å². The van der Waals surface area contributed by atoms with Crippen molar-refractivity contribution in [1.29, 1.82) is 0 Å². The number of nitrogens with zero attached hydrogens (tertiary/aromatic N) is 3. The molecule has 1 aliphatic carbocycles. The van der Waals surface area contributed by atoms with Crippen molar-refractivity contribution in [1.82, 2.24) is 19.1 Å². The van der Waals surface area contributed by atoms with E-state index in [0.717, 1.165) is 29.9 Å². The van der Waals surface area contributed by atoms with Crippen LogP contribution in [-0.2, 0) is 16.6 Å². The molecule has 0 radical (unpaired) electrons. The van der Waals surface area contributed by atoms with Gasteiger partial charge < -0.3 is 0 Å². The quantitative estimate of drug-likeness (QED) is 0.661. The van der Waals surface area contributed by atoms with Crippen molar-refractivity contribution < 1.29 is 8.42 Å². The van der Waals surface area contributed by atoms with Crippen molar-refractivity contribution in [2.45, 2.75) is 37.1 Å². The summed E-state index contributed by atoms with van der Waals surface area (Å²) in [5, 5.41) is 4.48. The first-order valence-electron chi connectivity index (χ1n) is 9.27. The lowest BCUT2D eigenvalue weighted by atomic mass is 10.2. The molecule has 1 saturated carbocycles. The third kappa shape index (κ3) is 3.79. The second-order valence-electron chi connectivity index (χ2n) is 7.02. The molecule has 0 bridgehead atoms. The fourth-order valence-corrected chi connectivity index (χ4v) is 4.10. The van der Waals surface area contributed by atoms with E-state index in [2.05, 4.69) is 9.82 Å². The number of benzene rings is 2. The van der Waals surface area contributed by atoms with Gasteiger partial charge in [-0.05, 0) is 44.0 Å². The van der Waals surface area contributed by atoms with Crippen LogP contribution in [0, 0.1) is 6.92 Å². The molecule has 0 unspecified atom stereocenters. The Morgan fingerprint density at radius 2 is 1.75 bits per heavy atom. The molecule has 1 aliphatic rings. The molecule has 0 saturated heterocycles. The van der Waals surface area contributed by atoms with E-state index in [-0.39, 0.29) is 23.7 Å². The van der Waals surface area contributed by atoms with Crippen LogP contribution >= 0.6 is 0 Å². The van der Waals surface area contributed by atoms with E-state index in [1.54, 1.807) is 28.8 Å². The minimum atomic E-state index is -3.62. The summed E-state index contributed by atoms with van der Waals surface area (Å²) >= 11 is 0. The summed E-state index contributed by atoms with van der Waals surface area (Å²) < 4.78 is 30.3. The van der Waals surface area contributed by atoms with Crippen molar-refractivity contribution in [3.63, 3.8) is 0 Å². The molecule has 1 aromatic heterocycles. The number of nitrogens with one attached hydrogen (secondary N) is 1. The maximum absolute atomic E-state index is 12.9. The Labute approximate surface area is 163 Å². The highest BCUT2D eigenvalue weighted by Gasteiger charge is 2.31. The highest BCUT2D eigenvalue weighted by Crippen LogP contribution is 2.39. The zero-order valence-electron chi connectivity index (χ0n) is 15.6. The fraction of sp³-hybridized carbons (Fsp3) is 0.300. The summed E-state index contributed by atoms with van der Waals surface area (Å²) in [5.74, 6) is 1.04. The Hall–Kier alpha value is -2.71. The first kappa shape index (κ1) is 18.6. The molecule has 146 valence electrons. The van der Waals surface area contributed by atoms with E-state index in [1.807, 2.05) is 37.3 Å². The van der Waals surface area contributed by atoms with Gasteiger partial charge in [-0.15, -0.1) is 0 Å². The van der Waals surface area contributed by atoms with Gasteiger partial charge in [0.15, 0.2) is 0 Å². The molecule has 28 heavy (non-hydrogen) atoms. The Morgan fingerprint density at radius 1 is 1.07 bits per heavy atom. The number of hydrogen-bond donors (Lipinski definition) is 1. The fourth-order valence-electron chi connectivity index (χ4n) is 3.08. The van der Waals surface area contributed by atoms with Crippen molar-refractivity contribution in [3.8, 4) is 5.69 Å². The minimum Gasteiger partial charge on any atom is -0.247 e.